The molecule has 3 unspecified atom stereocenters. The molecule has 0 saturated carbocycles. The van der Waals surface area contributed by atoms with E-state index in [1.54, 1.807) is 13.1 Å². The van der Waals surface area contributed by atoms with Gasteiger partial charge >= 0.3 is 0 Å². The lowest BCUT2D eigenvalue weighted by Gasteiger charge is -2.37. The molecule has 1 amide bonds. The number of anilines is 2. The van der Waals surface area contributed by atoms with Crippen LogP contribution in [0.4, 0.5) is 11.4 Å². The summed E-state index contributed by atoms with van der Waals surface area (Å²) in [5, 5.41) is 19.2. The first-order valence-corrected chi connectivity index (χ1v) is 7.12. The van der Waals surface area contributed by atoms with E-state index >= 15 is 0 Å². The quantitative estimate of drug-likeness (QED) is 0.819. The van der Waals surface area contributed by atoms with Gasteiger partial charge in [-0.05, 0) is 19.1 Å². The second-order valence-corrected chi connectivity index (χ2v) is 5.70. The topological polar surface area (TPSA) is 73.2 Å². The van der Waals surface area contributed by atoms with Gasteiger partial charge in [-0.1, -0.05) is 6.07 Å². The number of fused-ring (bicyclic) bond motifs is 1. The molecule has 1 fully saturated rings. The fourth-order valence-electron chi connectivity index (χ4n) is 3.04. The highest BCUT2D eigenvalue weighted by Gasteiger charge is 2.34. The zero-order valence-corrected chi connectivity index (χ0v) is 12.2. The molecule has 2 aliphatic heterocycles. The number of rotatable bonds is 2. The number of aliphatic hydroxyl groups excluding tert-OH is 2. The van der Waals surface area contributed by atoms with E-state index in [0.29, 0.717) is 12.1 Å². The van der Waals surface area contributed by atoms with E-state index in [1.807, 2.05) is 19.1 Å². The lowest BCUT2D eigenvalue weighted by molar-refractivity contribution is -0.125. The average Bonchev–Trinajstić information content (AvgIpc) is 2.71. The smallest absolute Gasteiger partial charge is 0.260 e. The van der Waals surface area contributed by atoms with E-state index in [0.717, 1.165) is 17.9 Å². The summed E-state index contributed by atoms with van der Waals surface area (Å²) in [6, 6.07) is 5.61. The minimum Gasteiger partial charge on any atom is -0.394 e. The van der Waals surface area contributed by atoms with Crippen molar-refractivity contribution in [3.63, 3.8) is 0 Å². The van der Waals surface area contributed by atoms with E-state index in [9.17, 15) is 15.0 Å². The summed E-state index contributed by atoms with van der Waals surface area (Å²) in [7, 11) is 1.67. The molecule has 0 aromatic heterocycles. The van der Waals surface area contributed by atoms with Crippen LogP contribution in [0.15, 0.2) is 18.2 Å². The number of carbonyl (C=O) groups excluding carboxylic acids is 1. The molecule has 1 saturated heterocycles. The number of morpholine rings is 1. The van der Waals surface area contributed by atoms with E-state index < -0.39 is 6.10 Å². The number of carbonyl (C=O) groups is 1. The van der Waals surface area contributed by atoms with Crippen LogP contribution in [0.1, 0.15) is 18.6 Å². The molecule has 114 valence electrons. The van der Waals surface area contributed by atoms with Crippen molar-refractivity contribution in [1.82, 2.24) is 0 Å². The molecule has 6 nitrogen and oxygen atoms in total. The van der Waals surface area contributed by atoms with Crippen molar-refractivity contribution in [2.75, 3.05) is 36.5 Å². The van der Waals surface area contributed by atoms with Crippen molar-refractivity contribution in [1.29, 1.82) is 0 Å². The van der Waals surface area contributed by atoms with Crippen molar-refractivity contribution in [3.05, 3.63) is 23.8 Å². The second-order valence-electron chi connectivity index (χ2n) is 5.70. The zero-order valence-electron chi connectivity index (χ0n) is 12.2. The number of nitrogens with zero attached hydrogens (tertiary/aromatic N) is 2. The molecule has 3 rings (SSSR count). The van der Waals surface area contributed by atoms with E-state index in [2.05, 4.69) is 4.90 Å². The highest BCUT2D eigenvalue weighted by molar-refractivity contribution is 6.03. The second kappa shape index (κ2) is 5.29. The highest BCUT2D eigenvalue weighted by Crippen LogP contribution is 2.37. The van der Waals surface area contributed by atoms with Gasteiger partial charge in [-0.15, -0.1) is 0 Å². The Labute approximate surface area is 123 Å². The monoisotopic (exact) mass is 292 g/mol. The molecule has 0 radical (unpaired) electrons. The molecule has 2 heterocycles. The molecule has 2 N–H and O–H groups in total. The molecule has 3 atom stereocenters. The Balaban J connectivity index is 1.89. The zero-order chi connectivity index (χ0) is 15.1. The Morgan fingerprint density at radius 1 is 1.38 bits per heavy atom. The van der Waals surface area contributed by atoms with Crippen molar-refractivity contribution in [2.45, 2.75) is 25.2 Å². The summed E-state index contributed by atoms with van der Waals surface area (Å²) < 4.78 is 5.64. The Morgan fingerprint density at radius 3 is 2.86 bits per heavy atom. The van der Waals surface area contributed by atoms with Crippen LogP contribution < -0.4 is 9.80 Å². The Hall–Kier alpha value is -1.63. The van der Waals surface area contributed by atoms with Crippen LogP contribution in [0.2, 0.25) is 0 Å². The van der Waals surface area contributed by atoms with Crippen LogP contribution in [0.3, 0.4) is 0 Å². The number of ether oxygens (including phenoxy) is 1. The fourth-order valence-corrected chi connectivity index (χ4v) is 3.04. The number of aliphatic hydroxyl groups is 2. The first-order valence-electron chi connectivity index (χ1n) is 7.12. The molecular formula is C15H20N2O4. The highest BCUT2D eigenvalue weighted by atomic mass is 16.5. The van der Waals surface area contributed by atoms with Crippen LogP contribution in [0.25, 0.3) is 0 Å². The summed E-state index contributed by atoms with van der Waals surface area (Å²) in [5.74, 6) is -0.300. The van der Waals surface area contributed by atoms with Crippen LogP contribution in [0.5, 0.6) is 0 Å². The number of likely N-dealkylation sites (N-methyl/N-ethyl adjacent to an activating group) is 1. The average molecular weight is 292 g/mol. The largest absolute Gasteiger partial charge is 0.394 e. The maximum absolute atomic E-state index is 11.8. The number of amides is 1. The molecular weight excluding hydrogens is 272 g/mol. The van der Waals surface area contributed by atoms with Crippen LogP contribution in [-0.2, 0) is 9.53 Å². The molecule has 6 heteroatoms. The van der Waals surface area contributed by atoms with Gasteiger partial charge in [-0.25, -0.2) is 0 Å². The molecule has 21 heavy (non-hydrogen) atoms. The standard InChI is InChI=1S/C15H20N2O4/c1-9-6-17(7-11(8-18)21-9)10-3-4-12-13(5-10)16(2)15(20)14(12)19/h3-5,9,11,14,18-19H,6-8H2,1-2H3. The number of benzene rings is 1. The van der Waals surface area contributed by atoms with Gasteiger partial charge in [0.1, 0.15) is 0 Å². The molecule has 0 bridgehead atoms. The molecule has 1 aromatic rings. The van der Waals surface area contributed by atoms with Crippen molar-refractivity contribution in [3.8, 4) is 0 Å². The predicted octanol–water partition coefficient (Wildman–Crippen LogP) is 0.282. The first-order chi connectivity index (χ1) is 10.0. The van der Waals surface area contributed by atoms with Gasteiger partial charge in [0, 0.05) is 31.4 Å². The summed E-state index contributed by atoms with van der Waals surface area (Å²) in [6.45, 7) is 3.31. The SMILES string of the molecule is CC1CN(c2ccc3c(c2)N(C)C(=O)C3O)CC(CO)O1. The van der Waals surface area contributed by atoms with Gasteiger partial charge in [0.05, 0.1) is 24.5 Å². The summed E-state index contributed by atoms with van der Waals surface area (Å²) in [5.41, 5.74) is 2.35. The maximum Gasteiger partial charge on any atom is 0.260 e. The Kier molecular flexibility index (Phi) is 3.61. The van der Waals surface area contributed by atoms with Gasteiger partial charge < -0.3 is 24.7 Å². The van der Waals surface area contributed by atoms with Crippen LogP contribution in [-0.4, -0.2) is 55.1 Å². The van der Waals surface area contributed by atoms with Crippen LogP contribution in [0, 0.1) is 0 Å². The third kappa shape index (κ3) is 2.39. The van der Waals surface area contributed by atoms with Gasteiger partial charge in [-0.2, -0.15) is 0 Å². The van der Waals surface area contributed by atoms with Gasteiger partial charge in [0.2, 0.25) is 0 Å². The van der Waals surface area contributed by atoms with E-state index in [1.165, 1.54) is 4.90 Å². The van der Waals surface area contributed by atoms with Crippen molar-refractivity contribution in [2.24, 2.45) is 0 Å². The minimum atomic E-state index is -1.06. The third-order valence-electron chi connectivity index (χ3n) is 4.13. The summed E-state index contributed by atoms with van der Waals surface area (Å²) >= 11 is 0. The maximum atomic E-state index is 11.8. The molecule has 1 aromatic carbocycles. The number of hydrogen-bond donors (Lipinski definition) is 2. The fraction of sp³-hybridized carbons (Fsp3) is 0.533. The van der Waals surface area contributed by atoms with Gasteiger partial charge in [0.15, 0.2) is 6.10 Å². The van der Waals surface area contributed by atoms with Gasteiger partial charge in [0.25, 0.3) is 5.91 Å². The van der Waals surface area contributed by atoms with Crippen molar-refractivity contribution < 1.29 is 19.7 Å². The third-order valence-corrected chi connectivity index (χ3v) is 4.13. The van der Waals surface area contributed by atoms with E-state index in [-0.39, 0.29) is 24.7 Å². The van der Waals surface area contributed by atoms with Crippen LogP contribution >= 0.6 is 0 Å². The summed E-state index contributed by atoms with van der Waals surface area (Å²) in [6.07, 6.45) is -1.23. The summed E-state index contributed by atoms with van der Waals surface area (Å²) in [4.78, 5) is 15.4. The van der Waals surface area contributed by atoms with E-state index in [4.69, 9.17) is 4.74 Å². The normalized spacial score (nSPS) is 29.0. The number of hydrogen-bond acceptors (Lipinski definition) is 5. The lowest BCUT2D eigenvalue weighted by Crippen LogP contribution is -2.48. The molecule has 2 aliphatic rings. The minimum absolute atomic E-state index is 0.0110. The Bertz CT molecular complexity index is 563. The molecule has 0 aliphatic carbocycles. The first kappa shape index (κ1) is 14.3. The predicted molar refractivity (Wildman–Crippen MR) is 78.4 cm³/mol. The van der Waals surface area contributed by atoms with Gasteiger partial charge in [-0.3, -0.25) is 4.79 Å². The Morgan fingerprint density at radius 2 is 2.14 bits per heavy atom. The van der Waals surface area contributed by atoms with Crippen molar-refractivity contribution >= 4 is 17.3 Å². The molecule has 0 spiro atoms. The lowest BCUT2D eigenvalue weighted by atomic mass is 10.1.